The number of fused-ring (bicyclic) bond motifs is 1. The van der Waals surface area contributed by atoms with Gasteiger partial charge in [0, 0.05) is 19.6 Å². The van der Waals surface area contributed by atoms with Crippen molar-refractivity contribution in [1.29, 1.82) is 0 Å². The first-order valence-corrected chi connectivity index (χ1v) is 7.76. The summed E-state index contributed by atoms with van der Waals surface area (Å²) in [5.74, 6) is 0. The number of hydrogen-bond acceptors (Lipinski definition) is 2. The Morgan fingerprint density at radius 3 is 2.62 bits per heavy atom. The van der Waals surface area contributed by atoms with E-state index in [9.17, 15) is 0 Å². The summed E-state index contributed by atoms with van der Waals surface area (Å²) in [7, 11) is 2.19. The third-order valence-electron chi connectivity index (χ3n) is 4.14. The third-order valence-corrected chi connectivity index (χ3v) is 4.14. The lowest BCUT2D eigenvalue weighted by Gasteiger charge is -2.21. The van der Waals surface area contributed by atoms with Crippen molar-refractivity contribution in [2.24, 2.45) is 0 Å². The molecule has 0 radical (unpaired) electrons. The Hall–Kier alpha value is -1.64. The lowest BCUT2D eigenvalue weighted by Crippen LogP contribution is -2.24. The molecule has 2 heteroatoms. The predicted octanol–water partition coefficient (Wildman–Crippen LogP) is 3.27. The second-order valence-electron chi connectivity index (χ2n) is 6.19. The van der Waals surface area contributed by atoms with E-state index in [0.29, 0.717) is 0 Å². The average Bonchev–Trinajstić information content (AvgIpc) is 2.47. The molecule has 0 atom stereocenters. The summed E-state index contributed by atoms with van der Waals surface area (Å²) in [5.41, 5.74) is 7.12. The highest BCUT2D eigenvalue weighted by molar-refractivity contribution is 5.33. The maximum atomic E-state index is 3.45. The van der Waals surface area contributed by atoms with E-state index in [1.54, 1.807) is 0 Å². The second-order valence-corrected chi connectivity index (χ2v) is 6.19. The molecule has 1 aliphatic heterocycles. The lowest BCUT2D eigenvalue weighted by atomic mass is 9.98. The molecule has 0 amide bonds. The monoisotopic (exact) mass is 280 g/mol. The molecule has 0 bridgehead atoms. The van der Waals surface area contributed by atoms with Crippen molar-refractivity contribution in [1.82, 2.24) is 10.2 Å². The minimum atomic E-state index is 0.997. The summed E-state index contributed by atoms with van der Waals surface area (Å²) in [6.07, 6.45) is 1.16. The van der Waals surface area contributed by atoms with Crippen LogP contribution in [0.1, 0.15) is 27.8 Å². The Balaban J connectivity index is 1.65. The van der Waals surface area contributed by atoms with Crippen LogP contribution in [-0.2, 0) is 26.1 Å². The first kappa shape index (κ1) is 14.3. The molecule has 2 aromatic rings. The van der Waals surface area contributed by atoms with Crippen molar-refractivity contribution >= 4 is 0 Å². The van der Waals surface area contributed by atoms with E-state index in [4.69, 9.17) is 0 Å². The van der Waals surface area contributed by atoms with Gasteiger partial charge in [0.05, 0.1) is 0 Å². The third kappa shape index (κ3) is 3.72. The van der Waals surface area contributed by atoms with E-state index in [2.05, 4.69) is 66.7 Å². The van der Waals surface area contributed by atoms with Crippen LogP contribution >= 0.6 is 0 Å². The van der Waals surface area contributed by atoms with Gasteiger partial charge >= 0.3 is 0 Å². The predicted molar refractivity (Wildman–Crippen MR) is 88.2 cm³/mol. The molecule has 0 spiro atoms. The maximum absolute atomic E-state index is 3.45. The van der Waals surface area contributed by atoms with Gasteiger partial charge < -0.3 is 5.32 Å². The Bertz CT molecular complexity index is 619. The highest BCUT2D eigenvalue weighted by atomic mass is 15.1. The fourth-order valence-corrected chi connectivity index (χ4v) is 3.12. The standard InChI is InChI=1S/C19H24N2/c1-15-4-3-5-16(10-15)13-21(2)14-17-6-7-18-8-9-20-12-19(18)11-17/h3-7,10-11,20H,8-9,12-14H2,1-2H3. The van der Waals surface area contributed by atoms with Gasteiger partial charge in [-0.15, -0.1) is 0 Å². The molecule has 0 aromatic heterocycles. The summed E-state index contributed by atoms with van der Waals surface area (Å²) in [4.78, 5) is 2.38. The normalized spacial score (nSPS) is 14.2. The number of benzene rings is 2. The molecule has 2 nitrogen and oxygen atoms in total. The zero-order valence-electron chi connectivity index (χ0n) is 13.0. The van der Waals surface area contributed by atoms with E-state index in [1.165, 1.54) is 27.8 Å². The Kier molecular flexibility index (Phi) is 4.37. The molecule has 0 aliphatic carbocycles. The van der Waals surface area contributed by atoms with Gasteiger partial charge in [-0.05, 0) is 49.2 Å². The molecule has 0 unspecified atom stereocenters. The molecule has 110 valence electrons. The van der Waals surface area contributed by atoms with Crippen LogP contribution < -0.4 is 5.32 Å². The quantitative estimate of drug-likeness (QED) is 0.924. The van der Waals surface area contributed by atoms with Gasteiger partial charge in [-0.25, -0.2) is 0 Å². The van der Waals surface area contributed by atoms with Gasteiger partial charge in [0.25, 0.3) is 0 Å². The highest BCUT2D eigenvalue weighted by Gasteiger charge is 2.10. The minimum absolute atomic E-state index is 0.997. The smallest absolute Gasteiger partial charge is 0.0234 e. The number of rotatable bonds is 4. The summed E-state index contributed by atoms with van der Waals surface area (Å²) >= 11 is 0. The van der Waals surface area contributed by atoms with Crippen LogP contribution in [0.4, 0.5) is 0 Å². The van der Waals surface area contributed by atoms with Crippen LogP contribution in [0.3, 0.4) is 0 Å². The van der Waals surface area contributed by atoms with Crippen molar-refractivity contribution in [3.05, 3.63) is 70.3 Å². The number of nitrogens with zero attached hydrogens (tertiary/aromatic N) is 1. The molecule has 1 heterocycles. The first-order valence-electron chi connectivity index (χ1n) is 7.76. The number of hydrogen-bond donors (Lipinski definition) is 1. The summed E-state index contributed by atoms with van der Waals surface area (Å²) in [6, 6.07) is 15.7. The van der Waals surface area contributed by atoms with Crippen molar-refractivity contribution in [2.45, 2.75) is 33.0 Å². The largest absolute Gasteiger partial charge is 0.312 e. The fraction of sp³-hybridized carbons (Fsp3) is 0.368. The molecule has 2 aromatic carbocycles. The van der Waals surface area contributed by atoms with Crippen LogP contribution in [0.15, 0.2) is 42.5 Å². The van der Waals surface area contributed by atoms with Gasteiger partial charge in [-0.2, -0.15) is 0 Å². The van der Waals surface area contributed by atoms with Crippen LogP contribution in [0.2, 0.25) is 0 Å². The van der Waals surface area contributed by atoms with Gasteiger partial charge in [0.2, 0.25) is 0 Å². The Morgan fingerprint density at radius 1 is 1.00 bits per heavy atom. The molecule has 0 saturated heterocycles. The van der Waals surface area contributed by atoms with E-state index in [0.717, 1.165) is 32.6 Å². The maximum Gasteiger partial charge on any atom is 0.0234 e. The Morgan fingerprint density at radius 2 is 1.81 bits per heavy atom. The van der Waals surface area contributed by atoms with Crippen LogP contribution in [0.5, 0.6) is 0 Å². The average molecular weight is 280 g/mol. The van der Waals surface area contributed by atoms with E-state index in [1.807, 2.05) is 0 Å². The minimum Gasteiger partial charge on any atom is -0.312 e. The van der Waals surface area contributed by atoms with Crippen molar-refractivity contribution in [3.8, 4) is 0 Å². The van der Waals surface area contributed by atoms with Gasteiger partial charge in [0.15, 0.2) is 0 Å². The van der Waals surface area contributed by atoms with Gasteiger partial charge in [0.1, 0.15) is 0 Å². The zero-order chi connectivity index (χ0) is 14.7. The zero-order valence-corrected chi connectivity index (χ0v) is 13.0. The van der Waals surface area contributed by atoms with Crippen molar-refractivity contribution < 1.29 is 0 Å². The SMILES string of the molecule is Cc1cccc(CN(C)Cc2ccc3c(c2)CNCC3)c1. The summed E-state index contributed by atoms with van der Waals surface area (Å²) in [5, 5.41) is 3.45. The molecule has 1 aliphatic rings. The van der Waals surface area contributed by atoms with E-state index >= 15 is 0 Å². The molecule has 3 rings (SSSR count). The number of aryl methyl sites for hydroxylation is 1. The number of nitrogens with one attached hydrogen (secondary N) is 1. The molecule has 1 N–H and O–H groups in total. The molecular formula is C19H24N2. The van der Waals surface area contributed by atoms with E-state index < -0.39 is 0 Å². The van der Waals surface area contributed by atoms with Crippen LogP contribution in [-0.4, -0.2) is 18.5 Å². The molecule has 0 saturated carbocycles. The van der Waals surface area contributed by atoms with E-state index in [-0.39, 0.29) is 0 Å². The topological polar surface area (TPSA) is 15.3 Å². The first-order chi connectivity index (χ1) is 10.2. The van der Waals surface area contributed by atoms with Crippen LogP contribution in [0, 0.1) is 6.92 Å². The highest BCUT2D eigenvalue weighted by Crippen LogP contribution is 2.17. The summed E-state index contributed by atoms with van der Waals surface area (Å²) < 4.78 is 0. The molecule has 0 fully saturated rings. The van der Waals surface area contributed by atoms with Gasteiger partial charge in [-0.3, -0.25) is 4.90 Å². The fourth-order valence-electron chi connectivity index (χ4n) is 3.12. The molecule has 21 heavy (non-hydrogen) atoms. The summed E-state index contributed by atoms with van der Waals surface area (Å²) in [6.45, 7) is 6.28. The van der Waals surface area contributed by atoms with Crippen LogP contribution in [0.25, 0.3) is 0 Å². The second kappa shape index (κ2) is 6.42. The van der Waals surface area contributed by atoms with Crippen molar-refractivity contribution in [3.63, 3.8) is 0 Å². The van der Waals surface area contributed by atoms with Gasteiger partial charge in [-0.1, -0.05) is 48.0 Å². The molecular weight excluding hydrogens is 256 g/mol. The van der Waals surface area contributed by atoms with Crippen molar-refractivity contribution in [2.75, 3.05) is 13.6 Å². The Labute approximate surface area is 127 Å². The lowest BCUT2D eigenvalue weighted by molar-refractivity contribution is 0.319.